The van der Waals surface area contributed by atoms with Crippen LogP contribution in [0.5, 0.6) is 0 Å². The van der Waals surface area contributed by atoms with E-state index in [-0.39, 0.29) is 11.9 Å². The second kappa shape index (κ2) is 6.35. The summed E-state index contributed by atoms with van der Waals surface area (Å²) in [4.78, 5) is 28.5. The van der Waals surface area contributed by atoms with Crippen LogP contribution in [0.15, 0.2) is 0 Å². The maximum Gasteiger partial charge on any atom is 0.308 e. The lowest BCUT2D eigenvalue weighted by atomic mass is 9.95. The molecule has 1 heterocycles. The number of hydrogen-bond donors (Lipinski definition) is 2. The molecule has 1 aromatic heterocycles. The van der Waals surface area contributed by atoms with Crippen molar-refractivity contribution in [3.05, 3.63) is 15.6 Å². The van der Waals surface area contributed by atoms with Crippen LogP contribution in [-0.4, -0.2) is 28.0 Å². The van der Waals surface area contributed by atoms with Gasteiger partial charge in [-0.25, -0.2) is 4.98 Å². The highest BCUT2D eigenvalue weighted by molar-refractivity contribution is 7.13. The minimum atomic E-state index is -0.811. The number of carboxylic acid groups (broad SMARTS) is 1. The SMILES string of the molecule is Cc1nc(C)c(C(=O)N[C@@H]2CCCCC[C@H]2C(=O)O)s1. The molecule has 0 aromatic carbocycles. The summed E-state index contributed by atoms with van der Waals surface area (Å²) < 4.78 is 0. The zero-order chi connectivity index (χ0) is 14.7. The zero-order valence-corrected chi connectivity index (χ0v) is 12.6. The third-order valence-electron chi connectivity index (χ3n) is 3.76. The van der Waals surface area contributed by atoms with Gasteiger partial charge in [0, 0.05) is 6.04 Å². The topological polar surface area (TPSA) is 79.3 Å². The molecule has 6 heteroatoms. The Labute approximate surface area is 122 Å². The number of carboxylic acids is 1. The minimum absolute atomic E-state index is 0.189. The Morgan fingerprint density at radius 3 is 2.55 bits per heavy atom. The van der Waals surface area contributed by atoms with Gasteiger partial charge in [0.15, 0.2) is 0 Å². The molecule has 0 spiro atoms. The van der Waals surface area contributed by atoms with Crippen molar-refractivity contribution in [3.63, 3.8) is 0 Å². The molecule has 1 aliphatic rings. The molecule has 0 saturated heterocycles. The molecule has 0 radical (unpaired) electrons. The van der Waals surface area contributed by atoms with Gasteiger partial charge in [0.25, 0.3) is 5.91 Å². The number of amides is 1. The van der Waals surface area contributed by atoms with Crippen LogP contribution < -0.4 is 5.32 Å². The van der Waals surface area contributed by atoms with Gasteiger partial charge in [0.05, 0.1) is 16.6 Å². The van der Waals surface area contributed by atoms with Crippen molar-refractivity contribution in [3.8, 4) is 0 Å². The third kappa shape index (κ3) is 3.36. The van der Waals surface area contributed by atoms with Gasteiger partial charge in [-0.1, -0.05) is 19.3 Å². The number of aryl methyl sites for hydroxylation is 2. The molecule has 2 rings (SSSR count). The molecule has 0 aliphatic heterocycles. The van der Waals surface area contributed by atoms with Crippen molar-refractivity contribution in [2.45, 2.75) is 52.0 Å². The lowest BCUT2D eigenvalue weighted by molar-refractivity contribution is -0.142. The Bertz CT molecular complexity index is 513. The average Bonchev–Trinajstić information content (AvgIpc) is 2.60. The van der Waals surface area contributed by atoms with Crippen LogP contribution in [0, 0.1) is 19.8 Å². The number of thiazole rings is 1. The number of aromatic nitrogens is 1. The summed E-state index contributed by atoms with van der Waals surface area (Å²) in [5.41, 5.74) is 0.713. The van der Waals surface area contributed by atoms with Crippen LogP contribution in [0.2, 0.25) is 0 Å². The molecule has 0 unspecified atom stereocenters. The fraction of sp³-hybridized carbons (Fsp3) is 0.643. The molecule has 1 fully saturated rings. The van der Waals surface area contributed by atoms with E-state index in [4.69, 9.17) is 0 Å². The molecule has 0 bridgehead atoms. The number of rotatable bonds is 3. The normalized spacial score (nSPS) is 23.1. The molecule has 5 nitrogen and oxygen atoms in total. The molecule has 1 amide bonds. The quantitative estimate of drug-likeness (QED) is 0.840. The molecule has 1 saturated carbocycles. The molecule has 2 atom stereocenters. The van der Waals surface area contributed by atoms with Gasteiger partial charge in [-0.15, -0.1) is 11.3 Å². The predicted molar refractivity (Wildman–Crippen MR) is 77.1 cm³/mol. The lowest BCUT2D eigenvalue weighted by Gasteiger charge is -2.22. The van der Waals surface area contributed by atoms with E-state index in [9.17, 15) is 14.7 Å². The fourth-order valence-electron chi connectivity index (χ4n) is 2.75. The first-order valence-corrected chi connectivity index (χ1v) is 7.78. The first kappa shape index (κ1) is 15.0. The Morgan fingerprint density at radius 2 is 1.95 bits per heavy atom. The minimum Gasteiger partial charge on any atom is -0.481 e. The second-order valence-electron chi connectivity index (χ2n) is 5.31. The molecule has 1 aliphatic carbocycles. The predicted octanol–water partition coefficient (Wildman–Crippen LogP) is 2.52. The second-order valence-corrected chi connectivity index (χ2v) is 6.51. The summed E-state index contributed by atoms with van der Waals surface area (Å²) in [7, 11) is 0. The average molecular weight is 296 g/mol. The van der Waals surface area contributed by atoms with E-state index in [0.717, 1.165) is 30.7 Å². The maximum atomic E-state index is 12.3. The highest BCUT2D eigenvalue weighted by Crippen LogP contribution is 2.25. The number of aliphatic carboxylic acids is 1. The fourth-order valence-corrected chi connectivity index (χ4v) is 3.57. The summed E-state index contributed by atoms with van der Waals surface area (Å²) in [6.45, 7) is 3.67. The molecule has 20 heavy (non-hydrogen) atoms. The van der Waals surface area contributed by atoms with Crippen LogP contribution >= 0.6 is 11.3 Å². The molecular weight excluding hydrogens is 276 g/mol. The van der Waals surface area contributed by atoms with Gasteiger partial charge in [0.2, 0.25) is 0 Å². The van der Waals surface area contributed by atoms with Crippen LogP contribution in [-0.2, 0) is 4.79 Å². The van der Waals surface area contributed by atoms with E-state index in [1.807, 2.05) is 6.92 Å². The largest absolute Gasteiger partial charge is 0.481 e. The molecular formula is C14H20N2O3S. The van der Waals surface area contributed by atoms with Gasteiger partial charge >= 0.3 is 5.97 Å². The Hall–Kier alpha value is -1.43. The van der Waals surface area contributed by atoms with E-state index < -0.39 is 11.9 Å². The van der Waals surface area contributed by atoms with Crippen molar-refractivity contribution < 1.29 is 14.7 Å². The summed E-state index contributed by atoms with van der Waals surface area (Å²) >= 11 is 1.36. The Kier molecular flexibility index (Phi) is 4.75. The van der Waals surface area contributed by atoms with Crippen molar-refractivity contribution in [1.82, 2.24) is 10.3 Å². The Balaban J connectivity index is 2.11. The highest BCUT2D eigenvalue weighted by Gasteiger charge is 2.31. The monoisotopic (exact) mass is 296 g/mol. The van der Waals surface area contributed by atoms with Crippen molar-refractivity contribution in [2.24, 2.45) is 5.92 Å². The number of hydrogen-bond acceptors (Lipinski definition) is 4. The summed E-state index contributed by atoms with van der Waals surface area (Å²) in [5, 5.41) is 13.1. The van der Waals surface area contributed by atoms with E-state index in [0.29, 0.717) is 17.0 Å². The maximum absolute atomic E-state index is 12.3. The summed E-state index contributed by atoms with van der Waals surface area (Å²) in [6.07, 6.45) is 4.30. The van der Waals surface area contributed by atoms with Crippen molar-refractivity contribution in [2.75, 3.05) is 0 Å². The van der Waals surface area contributed by atoms with E-state index in [2.05, 4.69) is 10.3 Å². The Morgan fingerprint density at radius 1 is 1.25 bits per heavy atom. The van der Waals surface area contributed by atoms with E-state index in [1.165, 1.54) is 11.3 Å². The van der Waals surface area contributed by atoms with Crippen LogP contribution in [0.3, 0.4) is 0 Å². The van der Waals surface area contributed by atoms with Gasteiger partial charge in [-0.3, -0.25) is 9.59 Å². The third-order valence-corrected chi connectivity index (χ3v) is 4.83. The van der Waals surface area contributed by atoms with Gasteiger partial charge < -0.3 is 10.4 Å². The first-order valence-electron chi connectivity index (χ1n) is 6.96. The number of nitrogens with zero attached hydrogens (tertiary/aromatic N) is 1. The lowest BCUT2D eigenvalue weighted by Crippen LogP contribution is -2.42. The highest BCUT2D eigenvalue weighted by atomic mass is 32.1. The summed E-state index contributed by atoms with van der Waals surface area (Å²) in [6, 6.07) is -0.274. The van der Waals surface area contributed by atoms with Crippen LogP contribution in [0.4, 0.5) is 0 Å². The number of carbonyl (C=O) groups excluding carboxylic acids is 1. The van der Waals surface area contributed by atoms with E-state index >= 15 is 0 Å². The smallest absolute Gasteiger partial charge is 0.308 e. The molecule has 110 valence electrons. The molecule has 2 N–H and O–H groups in total. The number of carbonyl (C=O) groups is 2. The van der Waals surface area contributed by atoms with Gasteiger partial charge in [-0.05, 0) is 26.7 Å². The summed E-state index contributed by atoms with van der Waals surface area (Å²) in [5.74, 6) is -1.48. The molecule has 1 aromatic rings. The van der Waals surface area contributed by atoms with Crippen LogP contribution in [0.1, 0.15) is 52.5 Å². The van der Waals surface area contributed by atoms with Gasteiger partial charge in [0.1, 0.15) is 4.88 Å². The van der Waals surface area contributed by atoms with Crippen molar-refractivity contribution >= 4 is 23.2 Å². The van der Waals surface area contributed by atoms with E-state index in [1.54, 1.807) is 6.92 Å². The number of nitrogens with one attached hydrogen (secondary N) is 1. The van der Waals surface area contributed by atoms with Crippen molar-refractivity contribution in [1.29, 1.82) is 0 Å². The van der Waals surface area contributed by atoms with Gasteiger partial charge in [-0.2, -0.15) is 0 Å². The zero-order valence-electron chi connectivity index (χ0n) is 11.8. The standard InChI is InChI=1S/C14H20N2O3S/c1-8-12(20-9(2)15-8)13(17)16-11-7-5-3-4-6-10(11)14(18)19/h10-11H,3-7H2,1-2H3,(H,16,17)(H,18,19)/t10-,11-/m1/s1. The van der Waals surface area contributed by atoms with Crippen LogP contribution in [0.25, 0.3) is 0 Å². The first-order chi connectivity index (χ1) is 9.49.